The monoisotopic (exact) mass is 693 g/mol. The van der Waals surface area contributed by atoms with Crippen LogP contribution in [0.4, 0.5) is 0 Å². The lowest BCUT2D eigenvalue weighted by molar-refractivity contribution is -0.132. The smallest absolute Gasteiger partial charge is 0.243 e. The lowest BCUT2D eigenvalue weighted by Crippen LogP contribution is -2.54. The lowest BCUT2D eigenvalue weighted by atomic mass is 10.1. The SMILES string of the molecule is CC(=O)NCC(=O)NC1CCC(=O)NCCCC(C(N)=O)NC(=O)CNC(=O)CNC(=O)C(Cc2ccc(Cl)cc2)NC(=O)CNC1=O. The molecular formula is C29H40ClN9O9. The Morgan fingerprint density at radius 1 is 0.812 bits per heavy atom. The van der Waals surface area contributed by atoms with Crippen molar-refractivity contribution in [3.8, 4) is 0 Å². The summed E-state index contributed by atoms with van der Waals surface area (Å²) in [7, 11) is 0. The maximum absolute atomic E-state index is 13.1. The van der Waals surface area contributed by atoms with Crippen molar-refractivity contribution in [3.05, 3.63) is 34.9 Å². The van der Waals surface area contributed by atoms with Crippen LogP contribution < -0.4 is 48.3 Å². The van der Waals surface area contributed by atoms with Crippen LogP contribution in [0.1, 0.15) is 38.2 Å². The highest BCUT2D eigenvalue weighted by atomic mass is 35.5. The summed E-state index contributed by atoms with van der Waals surface area (Å²) >= 11 is 5.94. The van der Waals surface area contributed by atoms with Gasteiger partial charge in [0.05, 0.1) is 26.2 Å². The second kappa shape index (κ2) is 20.1. The highest BCUT2D eigenvalue weighted by Crippen LogP contribution is 2.11. The van der Waals surface area contributed by atoms with Gasteiger partial charge < -0.3 is 48.3 Å². The van der Waals surface area contributed by atoms with Gasteiger partial charge in [-0.25, -0.2) is 0 Å². The number of carbonyl (C=O) groups is 9. The van der Waals surface area contributed by atoms with Gasteiger partial charge in [0, 0.05) is 31.3 Å². The minimum Gasteiger partial charge on any atom is -0.368 e. The molecule has 0 saturated carbocycles. The van der Waals surface area contributed by atoms with Gasteiger partial charge in [-0.2, -0.15) is 0 Å². The fourth-order valence-electron chi connectivity index (χ4n) is 4.28. The summed E-state index contributed by atoms with van der Waals surface area (Å²) in [5.74, 6) is -6.38. The fourth-order valence-corrected chi connectivity index (χ4v) is 4.41. The Hall–Kier alpha value is -5.26. The van der Waals surface area contributed by atoms with Crippen LogP contribution in [0.2, 0.25) is 5.02 Å². The Kier molecular flexibility index (Phi) is 16.3. The summed E-state index contributed by atoms with van der Waals surface area (Å²) in [4.78, 5) is 111. The van der Waals surface area contributed by atoms with Gasteiger partial charge in [0.2, 0.25) is 53.2 Å². The summed E-state index contributed by atoms with van der Waals surface area (Å²) in [5.41, 5.74) is 5.98. The van der Waals surface area contributed by atoms with Gasteiger partial charge >= 0.3 is 0 Å². The summed E-state index contributed by atoms with van der Waals surface area (Å²) < 4.78 is 0. The number of carbonyl (C=O) groups excluding carboxylic acids is 9. The van der Waals surface area contributed by atoms with Crippen LogP contribution in [0.25, 0.3) is 0 Å². The number of primary amides is 1. The Labute approximate surface area is 280 Å². The highest BCUT2D eigenvalue weighted by molar-refractivity contribution is 6.30. The molecule has 10 N–H and O–H groups in total. The Morgan fingerprint density at radius 2 is 1.44 bits per heavy atom. The summed E-state index contributed by atoms with van der Waals surface area (Å²) in [6, 6.07) is 2.81. The molecule has 0 aliphatic carbocycles. The number of rotatable bonds is 6. The minimum absolute atomic E-state index is 0.0296. The zero-order valence-electron chi connectivity index (χ0n) is 26.2. The van der Waals surface area contributed by atoms with E-state index >= 15 is 0 Å². The molecule has 3 atom stereocenters. The standard InChI is InChI=1S/C29H40ClN9O9/c1-16(40)33-13-24(43)38-20-8-9-22(41)32-10-2-3-19(27(31)46)37-25(44)14-34-23(42)12-35-29(48)21(39-26(45)15-36-28(20)47)11-17-4-6-18(30)7-5-17/h4-7,19-21H,2-3,8-15H2,1H3,(H2,31,46)(H,32,41)(H,33,40)(H,34,42)(H,35,48)(H,36,47)(H,37,44)(H,38,43)(H,39,45). The first-order chi connectivity index (χ1) is 22.7. The molecule has 9 amide bonds. The second-order valence-electron chi connectivity index (χ2n) is 10.7. The van der Waals surface area contributed by atoms with Gasteiger partial charge in [-0.05, 0) is 37.0 Å². The van der Waals surface area contributed by atoms with Crippen LogP contribution in [-0.4, -0.2) is 104 Å². The van der Waals surface area contributed by atoms with E-state index in [0.717, 1.165) is 0 Å². The molecule has 0 radical (unpaired) electrons. The zero-order valence-corrected chi connectivity index (χ0v) is 27.0. The van der Waals surface area contributed by atoms with E-state index < -0.39 is 97.5 Å². The number of nitrogens with one attached hydrogen (secondary N) is 8. The molecule has 1 aromatic rings. The van der Waals surface area contributed by atoms with E-state index in [4.69, 9.17) is 17.3 Å². The summed E-state index contributed by atoms with van der Waals surface area (Å²) in [6.07, 6.45) is -0.164. The molecule has 1 aliphatic heterocycles. The van der Waals surface area contributed by atoms with Gasteiger partial charge in [-0.3, -0.25) is 43.2 Å². The summed E-state index contributed by atoms with van der Waals surface area (Å²) in [5, 5.41) is 19.7. The molecule has 0 spiro atoms. The first kappa shape index (κ1) is 38.9. The van der Waals surface area contributed by atoms with E-state index in [2.05, 4.69) is 42.5 Å². The molecular weight excluding hydrogens is 654 g/mol. The predicted octanol–water partition coefficient (Wildman–Crippen LogP) is -4.00. The van der Waals surface area contributed by atoms with E-state index in [1.807, 2.05) is 0 Å². The first-order valence-electron chi connectivity index (χ1n) is 15.0. The molecule has 1 saturated heterocycles. The van der Waals surface area contributed by atoms with Crippen molar-refractivity contribution in [2.75, 3.05) is 32.7 Å². The number of benzene rings is 1. The quantitative estimate of drug-likeness (QED) is 0.140. The normalized spacial score (nSPS) is 21.2. The molecule has 1 aromatic carbocycles. The van der Waals surface area contributed by atoms with Crippen LogP contribution in [0, 0.1) is 0 Å². The Morgan fingerprint density at radius 3 is 2.10 bits per heavy atom. The van der Waals surface area contributed by atoms with Crippen molar-refractivity contribution in [3.63, 3.8) is 0 Å². The predicted molar refractivity (Wildman–Crippen MR) is 169 cm³/mol. The van der Waals surface area contributed by atoms with Gasteiger partial charge in [0.25, 0.3) is 0 Å². The molecule has 1 aliphatic rings. The number of hydrogen-bond donors (Lipinski definition) is 9. The third kappa shape index (κ3) is 15.4. The maximum Gasteiger partial charge on any atom is 0.243 e. The molecule has 18 nitrogen and oxygen atoms in total. The number of nitrogens with two attached hydrogens (primary N) is 1. The molecule has 1 fully saturated rings. The van der Waals surface area contributed by atoms with E-state index in [9.17, 15) is 43.2 Å². The average molecular weight is 694 g/mol. The first-order valence-corrected chi connectivity index (χ1v) is 15.4. The molecule has 0 aromatic heterocycles. The molecule has 2 rings (SSSR count). The van der Waals surface area contributed by atoms with E-state index in [1.165, 1.54) is 6.92 Å². The van der Waals surface area contributed by atoms with Gasteiger partial charge in [0.15, 0.2) is 0 Å². The molecule has 3 unspecified atom stereocenters. The van der Waals surface area contributed by atoms with E-state index in [-0.39, 0.29) is 38.6 Å². The summed E-state index contributed by atoms with van der Waals surface area (Å²) in [6.45, 7) is -0.870. The van der Waals surface area contributed by atoms with Crippen molar-refractivity contribution >= 4 is 64.8 Å². The van der Waals surface area contributed by atoms with E-state index in [0.29, 0.717) is 10.6 Å². The highest BCUT2D eigenvalue weighted by Gasteiger charge is 2.26. The van der Waals surface area contributed by atoms with Crippen molar-refractivity contribution in [2.24, 2.45) is 5.73 Å². The van der Waals surface area contributed by atoms with Gasteiger partial charge in [0.1, 0.15) is 18.1 Å². The van der Waals surface area contributed by atoms with E-state index in [1.54, 1.807) is 24.3 Å². The number of amides is 9. The molecule has 1 heterocycles. The van der Waals surface area contributed by atoms with Crippen LogP contribution in [0.3, 0.4) is 0 Å². The zero-order chi connectivity index (χ0) is 35.6. The Balaban J connectivity index is 2.24. The fraction of sp³-hybridized carbons (Fsp3) is 0.483. The molecule has 48 heavy (non-hydrogen) atoms. The molecule has 262 valence electrons. The number of halogens is 1. The number of hydrogen-bond acceptors (Lipinski definition) is 9. The second-order valence-corrected chi connectivity index (χ2v) is 11.2. The van der Waals surface area contributed by atoms with Crippen LogP contribution in [0.5, 0.6) is 0 Å². The molecule has 19 heteroatoms. The van der Waals surface area contributed by atoms with Crippen molar-refractivity contribution < 1.29 is 43.2 Å². The van der Waals surface area contributed by atoms with Gasteiger partial charge in [-0.1, -0.05) is 23.7 Å². The average Bonchev–Trinajstić information content (AvgIpc) is 3.03. The lowest BCUT2D eigenvalue weighted by Gasteiger charge is -2.20. The Bertz CT molecular complexity index is 1370. The minimum atomic E-state index is -1.28. The van der Waals surface area contributed by atoms with Crippen molar-refractivity contribution in [1.29, 1.82) is 0 Å². The van der Waals surface area contributed by atoms with Crippen LogP contribution in [-0.2, 0) is 49.6 Å². The van der Waals surface area contributed by atoms with Crippen molar-refractivity contribution in [1.82, 2.24) is 42.5 Å². The maximum atomic E-state index is 13.1. The van der Waals surface area contributed by atoms with Crippen LogP contribution in [0.15, 0.2) is 24.3 Å². The topological polar surface area (TPSA) is 276 Å². The molecule has 0 bridgehead atoms. The third-order valence-corrected chi connectivity index (χ3v) is 7.03. The van der Waals surface area contributed by atoms with Crippen LogP contribution >= 0.6 is 11.6 Å². The van der Waals surface area contributed by atoms with Gasteiger partial charge in [-0.15, -0.1) is 0 Å². The van der Waals surface area contributed by atoms with Crippen molar-refractivity contribution in [2.45, 2.75) is 57.2 Å². The largest absolute Gasteiger partial charge is 0.368 e. The third-order valence-electron chi connectivity index (χ3n) is 6.78.